The van der Waals surface area contributed by atoms with Gasteiger partial charge in [0.25, 0.3) is 0 Å². The van der Waals surface area contributed by atoms with Gasteiger partial charge in [0.1, 0.15) is 12.4 Å². The van der Waals surface area contributed by atoms with Gasteiger partial charge in [-0.25, -0.2) is 4.79 Å². The van der Waals surface area contributed by atoms with Gasteiger partial charge < -0.3 is 30.0 Å². The zero-order valence-electron chi connectivity index (χ0n) is 13.6. The number of methoxy groups -OCH3 is 1. The van der Waals surface area contributed by atoms with E-state index in [0.717, 1.165) is 0 Å². The fourth-order valence-electron chi connectivity index (χ4n) is 2.68. The molecule has 0 aromatic heterocycles. The van der Waals surface area contributed by atoms with Crippen molar-refractivity contribution in [2.45, 2.75) is 13.0 Å². The highest BCUT2D eigenvalue weighted by molar-refractivity contribution is 6.30. The summed E-state index contributed by atoms with van der Waals surface area (Å²) < 4.78 is 10.4. The SMILES string of the molecule is C=C1NC(=O)N[C@@H](c2cc(Cl)cc(OC)c2OCC(=O)[O-])[C@@H]1C(C)=O. The van der Waals surface area contributed by atoms with Crippen molar-refractivity contribution in [2.75, 3.05) is 13.7 Å². The van der Waals surface area contributed by atoms with Gasteiger partial charge in [-0.2, -0.15) is 0 Å². The zero-order chi connectivity index (χ0) is 18.7. The van der Waals surface area contributed by atoms with E-state index >= 15 is 0 Å². The second-order valence-corrected chi connectivity index (χ2v) is 5.81. The molecule has 2 N–H and O–H groups in total. The van der Waals surface area contributed by atoms with Crippen LogP contribution in [0.1, 0.15) is 18.5 Å². The van der Waals surface area contributed by atoms with Crippen LogP contribution >= 0.6 is 11.6 Å². The van der Waals surface area contributed by atoms with Crippen LogP contribution in [0.2, 0.25) is 5.02 Å². The molecule has 0 aliphatic carbocycles. The normalized spacial score (nSPS) is 19.6. The van der Waals surface area contributed by atoms with Gasteiger partial charge in [0.05, 0.1) is 25.0 Å². The second kappa shape index (κ2) is 7.43. The van der Waals surface area contributed by atoms with Gasteiger partial charge in [0.15, 0.2) is 11.5 Å². The number of benzene rings is 1. The van der Waals surface area contributed by atoms with Crippen LogP contribution in [-0.4, -0.2) is 31.5 Å². The summed E-state index contributed by atoms with van der Waals surface area (Å²) in [6.45, 7) is 4.32. The van der Waals surface area contributed by atoms with E-state index in [0.29, 0.717) is 5.56 Å². The van der Waals surface area contributed by atoms with Gasteiger partial charge >= 0.3 is 6.03 Å². The summed E-state index contributed by atoms with van der Waals surface area (Å²) in [6, 6.07) is 1.48. The minimum atomic E-state index is -1.44. The minimum absolute atomic E-state index is 0.0438. The van der Waals surface area contributed by atoms with E-state index < -0.39 is 30.6 Å². The first-order valence-corrected chi connectivity index (χ1v) is 7.59. The standard InChI is InChI=1S/C16H17ClN2O6/c1-7-13(8(2)20)14(19-16(23)18-7)10-4-9(17)5-11(24-3)15(10)25-6-12(21)22/h4-5,13-14H,1,6H2,2-3H3,(H,21,22)(H2,18,19,23)/p-1/t13-,14-/m0/s1. The Morgan fingerprint density at radius 1 is 1.40 bits per heavy atom. The fourth-order valence-corrected chi connectivity index (χ4v) is 2.90. The van der Waals surface area contributed by atoms with Crippen LogP contribution in [0.4, 0.5) is 4.79 Å². The molecule has 25 heavy (non-hydrogen) atoms. The molecule has 8 nitrogen and oxygen atoms in total. The first-order chi connectivity index (χ1) is 11.7. The van der Waals surface area contributed by atoms with E-state index in [1.807, 2.05) is 0 Å². The van der Waals surface area contributed by atoms with Gasteiger partial charge in [-0.1, -0.05) is 18.2 Å². The Morgan fingerprint density at radius 2 is 2.08 bits per heavy atom. The van der Waals surface area contributed by atoms with Crippen LogP contribution in [0.3, 0.4) is 0 Å². The van der Waals surface area contributed by atoms with Crippen LogP contribution in [0, 0.1) is 5.92 Å². The van der Waals surface area contributed by atoms with Crippen molar-refractivity contribution in [1.82, 2.24) is 10.6 Å². The van der Waals surface area contributed by atoms with Crippen molar-refractivity contribution >= 4 is 29.4 Å². The molecule has 2 atom stereocenters. The number of carboxylic acids is 1. The molecule has 1 aromatic rings. The second-order valence-electron chi connectivity index (χ2n) is 5.38. The Bertz CT molecular complexity index is 748. The third kappa shape index (κ3) is 4.03. The molecular formula is C16H16ClN2O6-. The maximum Gasteiger partial charge on any atom is 0.319 e. The van der Waals surface area contributed by atoms with Gasteiger partial charge in [0.2, 0.25) is 0 Å². The third-order valence-corrected chi connectivity index (χ3v) is 3.86. The number of nitrogens with one attached hydrogen (secondary N) is 2. The van der Waals surface area contributed by atoms with Crippen LogP contribution < -0.4 is 25.2 Å². The summed E-state index contributed by atoms with van der Waals surface area (Å²) in [4.78, 5) is 34.6. The topological polar surface area (TPSA) is 117 Å². The molecule has 0 bridgehead atoms. The maximum atomic E-state index is 12.1. The number of ketones is 1. The molecule has 1 aromatic carbocycles. The lowest BCUT2D eigenvalue weighted by atomic mass is 9.85. The number of ether oxygens (including phenoxy) is 2. The highest BCUT2D eigenvalue weighted by Crippen LogP contribution is 2.42. The van der Waals surface area contributed by atoms with Crippen molar-refractivity contribution in [3.63, 3.8) is 0 Å². The van der Waals surface area contributed by atoms with Gasteiger partial charge in [0, 0.05) is 22.3 Å². The Kier molecular flexibility index (Phi) is 5.53. The fraction of sp³-hybridized carbons (Fsp3) is 0.312. The zero-order valence-corrected chi connectivity index (χ0v) is 14.3. The number of halogens is 1. The van der Waals surface area contributed by atoms with E-state index in [1.165, 1.54) is 26.2 Å². The van der Waals surface area contributed by atoms with Crippen molar-refractivity contribution < 1.29 is 29.0 Å². The molecule has 134 valence electrons. The number of aliphatic carboxylic acids is 1. The number of carbonyl (C=O) groups is 3. The summed E-state index contributed by atoms with van der Waals surface area (Å²) in [6.07, 6.45) is 0. The lowest BCUT2D eigenvalue weighted by molar-refractivity contribution is -0.307. The number of hydrogen-bond acceptors (Lipinski definition) is 6. The first kappa shape index (κ1) is 18.6. The Balaban J connectivity index is 2.59. The van der Waals surface area contributed by atoms with E-state index in [1.54, 1.807) is 0 Å². The monoisotopic (exact) mass is 367 g/mol. The lowest BCUT2D eigenvalue weighted by Crippen LogP contribution is -2.50. The predicted molar refractivity (Wildman–Crippen MR) is 86.2 cm³/mol. The molecule has 1 heterocycles. The molecule has 1 fully saturated rings. The molecule has 0 radical (unpaired) electrons. The average Bonchev–Trinajstić information content (AvgIpc) is 2.51. The number of hydrogen-bond donors (Lipinski definition) is 2. The molecule has 1 aliphatic rings. The predicted octanol–water partition coefficient (Wildman–Crippen LogP) is 0.550. The summed E-state index contributed by atoms with van der Waals surface area (Å²) in [7, 11) is 1.35. The van der Waals surface area contributed by atoms with Gasteiger partial charge in [-0.15, -0.1) is 0 Å². The number of carbonyl (C=O) groups excluding carboxylic acids is 3. The molecule has 1 saturated heterocycles. The summed E-state index contributed by atoms with van der Waals surface area (Å²) in [5, 5.41) is 16.1. The summed E-state index contributed by atoms with van der Waals surface area (Å²) in [5.74, 6) is -2.30. The highest BCUT2D eigenvalue weighted by Gasteiger charge is 2.38. The molecule has 2 amide bonds. The van der Waals surface area contributed by atoms with Gasteiger partial charge in [-0.05, 0) is 13.0 Å². The third-order valence-electron chi connectivity index (χ3n) is 3.65. The maximum absolute atomic E-state index is 12.1. The number of Topliss-reactive ketones (excluding diaryl/α,β-unsaturated/α-hetero) is 1. The van der Waals surface area contributed by atoms with Crippen LogP contribution in [0.5, 0.6) is 11.5 Å². The molecule has 0 spiro atoms. The molecule has 2 rings (SSSR count). The lowest BCUT2D eigenvalue weighted by Gasteiger charge is -2.34. The van der Waals surface area contributed by atoms with E-state index in [2.05, 4.69) is 17.2 Å². The number of carboxylic acid groups (broad SMARTS) is 1. The van der Waals surface area contributed by atoms with E-state index in [9.17, 15) is 19.5 Å². The highest BCUT2D eigenvalue weighted by atomic mass is 35.5. The Morgan fingerprint density at radius 3 is 2.64 bits per heavy atom. The quantitative estimate of drug-likeness (QED) is 0.758. The van der Waals surface area contributed by atoms with Crippen molar-refractivity contribution in [3.05, 3.63) is 35.0 Å². The Hall–Kier alpha value is -2.74. The number of amides is 2. The average molecular weight is 368 g/mol. The van der Waals surface area contributed by atoms with Gasteiger partial charge in [-0.3, -0.25) is 4.79 Å². The number of urea groups is 1. The van der Waals surface area contributed by atoms with Crippen molar-refractivity contribution in [1.29, 1.82) is 0 Å². The minimum Gasteiger partial charge on any atom is -0.546 e. The van der Waals surface area contributed by atoms with Crippen molar-refractivity contribution in [3.8, 4) is 11.5 Å². The van der Waals surface area contributed by atoms with E-state index in [4.69, 9.17) is 21.1 Å². The summed E-state index contributed by atoms with van der Waals surface area (Å²) >= 11 is 6.08. The van der Waals surface area contributed by atoms with Crippen molar-refractivity contribution in [2.24, 2.45) is 5.92 Å². The molecule has 1 aliphatic heterocycles. The Labute approximate surface area is 148 Å². The van der Waals surface area contributed by atoms with Crippen LogP contribution in [-0.2, 0) is 9.59 Å². The summed E-state index contributed by atoms with van der Waals surface area (Å²) in [5.41, 5.74) is 0.507. The van der Waals surface area contributed by atoms with E-state index in [-0.39, 0.29) is 28.0 Å². The molecule has 0 unspecified atom stereocenters. The van der Waals surface area contributed by atoms with Crippen LogP contribution in [0.25, 0.3) is 0 Å². The largest absolute Gasteiger partial charge is 0.546 e. The smallest absolute Gasteiger partial charge is 0.319 e. The number of rotatable bonds is 6. The van der Waals surface area contributed by atoms with Crippen LogP contribution in [0.15, 0.2) is 24.4 Å². The first-order valence-electron chi connectivity index (χ1n) is 7.21. The molecule has 9 heteroatoms. The molecule has 0 saturated carbocycles. The molecular weight excluding hydrogens is 352 g/mol.